The second kappa shape index (κ2) is 7.22. The van der Waals surface area contributed by atoms with Gasteiger partial charge in [-0.3, -0.25) is 15.0 Å². The van der Waals surface area contributed by atoms with E-state index in [0.29, 0.717) is 17.9 Å². The molecule has 1 aliphatic rings. The molecular weight excluding hydrogens is 331 g/mol. The number of halogens is 3. The average molecular weight is 347 g/mol. The Morgan fingerprint density at radius 2 is 2.13 bits per heavy atom. The highest BCUT2D eigenvalue weighted by molar-refractivity contribution is 7.99. The van der Waals surface area contributed by atoms with E-state index in [-0.39, 0.29) is 12.6 Å². The largest absolute Gasteiger partial charge is 0.416 e. The predicted octanol–water partition coefficient (Wildman–Crippen LogP) is 1.99. The Kier molecular flexibility index (Phi) is 5.53. The minimum Gasteiger partial charge on any atom is -0.351 e. The van der Waals surface area contributed by atoms with Gasteiger partial charge in [-0.1, -0.05) is 12.1 Å². The lowest BCUT2D eigenvalue weighted by Gasteiger charge is -2.35. The number of carbonyl (C=O) groups excluding carboxylic acids is 2. The van der Waals surface area contributed by atoms with Gasteiger partial charge in [0.15, 0.2) is 0 Å². The zero-order valence-electron chi connectivity index (χ0n) is 12.1. The van der Waals surface area contributed by atoms with Crippen LogP contribution in [0.4, 0.5) is 18.0 Å². The molecule has 0 aromatic heterocycles. The third-order valence-electron chi connectivity index (χ3n) is 3.45. The highest BCUT2D eigenvalue weighted by Gasteiger charge is 2.32. The molecule has 2 rings (SSSR count). The lowest BCUT2D eigenvalue weighted by atomic mass is 10.0. The van der Waals surface area contributed by atoms with Gasteiger partial charge in [-0.2, -0.15) is 24.9 Å². The molecule has 1 fully saturated rings. The van der Waals surface area contributed by atoms with E-state index in [1.54, 1.807) is 22.7 Å². The van der Waals surface area contributed by atoms with E-state index >= 15 is 0 Å². The molecule has 9 heteroatoms. The quantitative estimate of drug-likeness (QED) is 0.877. The maximum atomic E-state index is 12.9. The highest BCUT2D eigenvalue weighted by atomic mass is 32.2. The fourth-order valence-corrected chi connectivity index (χ4v) is 3.57. The molecule has 0 spiro atoms. The smallest absolute Gasteiger partial charge is 0.351 e. The van der Waals surface area contributed by atoms with Gasteiger partial charge in [0.25, 0.3) is 0 Å². The average Bonchev–Trinajstić information content (AvgIpc) is 2.46. The summed E-state index contributed by atoms with van der Waals surface area (Å²) in [6.07, 6.45) is -4.41. The SMILES string of the molecule is NC(=O)NC(=O)CN1CCSCC1c1cccc(C(F)(F)F)c1. The van der Waals surface area contributed by atoms with E-state index in [4.69, 9.17) is 5.73 Å². The van der Waals surface area contributed by atoms with Crippen molar-refractivity contribution in [3.8, 4) is 0 Å². The number of primary amides is 1. The number of nitrogens with one attached hydrogen (secondary N) is 1. The van der Waals surface area contributed by atoms with E-state index in [1.165, 1.54) is 6.07 Å². The first-order valence-electron chi connectivity index (χ1n) is 6.85. The van der Waals surface area contributed by atoms with Crippen LogP contribution in [0.15, 0.2) is 24.3 Å². The lowest BCUT2D eigenvalue weighted by Crippen LogP contribution is -2.46. The standard InChI is InChI=1S/C14H16F3N3O2S/c15-14(16,17)10-3-1-2-9(6-10)11-8-23-5-4-20(11)7-12(21)19-13(18)22/h1-3,6,11H,4-5,7-8H2,(H3,18,19,21,22). The van der Waals surface area contributed by atoms with Gasteiger partial charge in [-0.15, -0.1) is 0 Å². The number of hydrogen-bond donors (Lipinski definition) is 2. The number of amides is 3. The third-order valence-corrected chi connectivity index (χ3v) is 4.47. The van der Waals surface area contributed by atoms with Crippen LogP contribution in [-0.4, -0.2) is 41.4 Å². The molecule has 0 aliphatic carbocycles. The van der Waals surface area contributed by atoms with Gasteiger partial charge in [0.1, 0.15) is 0 Å². The van der Waals surface area contributed by atoms with Crippen molar-refractivity contribution in [2.45, 2.75) is 12.2 Å². The van der Waals surface area contributed by atoms with Crippen molar-refractivity contribution in [2.24, 2.45) is 5.73 Å². The van der Waals surface area contributed by atoms with Gasteiger partial charge in [-0.25, -0.2) is 4.79 Å². The molecule has 0 saturated carbocycles. The van der Waals surface area contributed by atoms with Gasteiger partial charge in [0, 0.05) is 24.1 Å². The number of nitrogens with zero attached hydrogens (tertiary/aromatic N) is 1. The molecule has 1 aliphatic heterocycles. The zero-order valence-corrected chi connectivity index (χ0v) is 12.9. The molecule has 1 saturated heterocycles. The Morgan fingerprint density at radius 1 is 1.39 bits per heavy atom. The summed E-state index contributed by atoms with van der Waals surface area (Å²) in [5.41, 5.74) is 4.68. The summed E-state index contributed by atoms with van der Waals surface area (Å²) >= 11 is 1.61. The summed E-state index contributed by atoms with van der Waals surface area (Å²) in [4.78, 5) is 24.1. The zero-order chi connectivity index (χ0) is 17.0. The van der Waals surface area contributed by atoms with Crippen LogP contribution in [0.3, 0.4) is 0 Å². The van der Waals surface area contributed by atoms with Crippen LogP contribution < -0.4 is 11.1 Å². The van der Waals surface area contributed by atoms with Gasteiger partial charge in [-0.05, 0) is 17.7 Å². The normalized spacial score (nSPS) is 19.3. The van der Waals surface area contributed by atoms with Crippen molar-refractivity contribution in [1.82, 2.24) is 10.2 Å². The number of imide groups is 1. The number of nitrogens with two attached hydrogens (primary N) is 1. The van der Waals surface area contributed by atoms with Gasteiger partial charge in [0.05, 0.1) is 12.1 Å². The molecule has 1 heterocycles. The minimum atomic E-state index is -4.41. The van der Waals surface area contributed by atoms with E-state index in [1.807, 2.05) is 5.32 Å². The highest BCUT2D eigenvalue weighted by Crippen LogP contribution is 2.34. The number of urea groups is 1. The predicted molar refractivity (Wildman–Crippen MR) is 80.8 cm³/mol. The fraction of sp³-hybridized carbons (Fsp3) is 0.429. The number of carbonyl (C=O) groups is 2. The molecule has 1 atom stereocenters. The van der Waals surface area contributed by atoms with E-state index in [0.717, 1.165) is 17.9 Å². The third kappa shape index (κ3) is 4.87. The molecule has 0 bridgehead atoms. The van der Waals surface area contributed by atoms with Crippen LogP contribution in [0.25, 0.3) is 0 Å². The fourth-order valence-electron chi connectivity index (χ4n) is 2.42. The van der Waals surface area contributed by atoms with Crippen molar-refractivity contribution in [3.05, 3.63) is 35.4 Å². The molecule has 23 heavy (non-hydrogen) atoms. The maximum absolute atomic E-state index is 12.9. The first-order chi connectivity index (χ1) is 10.8. The first kappa shape index (κ1) is 17.6. The van der Waals surface area contributed by atoms with Crippen LogP contribution in [0, 0.1) is 0 Å². The summed E-state index contributed by atoms with van der Waals surface area (Å²) in [5.74, 6) is 0.770. The van der Waals surface area contributed by atoms with Crippen LogP contribution in [0.1, 0.15) is 17.2 Å². The Bertz CT molecular complexity index is 595. The molecule has 1 aromatic carbocycles. The van der Waals surface area contributed by atoms with Crippen molar-refractivity contribution in [3.63, 3.8) is 0 Å². The topological polar surface area (TPSA) is 75.4 Å². The molecule has 3 amide bonds. The van der Waals surface area contributed by atoms with Crippen LogP contribution in [0.2, 0.25) is 0 Å². The summed E-state index contributed by atoms with van der Waals surface area (Å²) in [6, 6.07) is 3.83. The van der Waals surface area contributed by atoms with Crippen LogP contribution in [0.5, 0.6) is 0 Å². The summed E-state index contributed by atoms with van der Waals surface area (Å²) < 4.78 is 38.6. The molecule has 1 aromatic rings. The Labute approximate surface area is 135 Å². The second-order valence-corrected chi connectivity index (χ2v) is 6.25. The van der Waals surface area contributed by atoms with Crippen LogP contribution in [-0.2, 0) is 11.0 Å². The van der Waals surface area contributed by atoms with E-state index in [9.17, 15) is 22.8 Å². The van der Waals surface area contributed by atoms with Crippen molar-refractivity contribution in [2.75, 3.05) is 24.6 Å². The Morgan fingerprint density at radius 3 is 2.78 bits per heavy atom. The van der Waals surface area contributed by atoms with Gasteiger partial charge < -0.3 is 5.73 Å². The first-order valence-corrected chi connectivity index (χ1v) is 8.01. The minimum absolute atomic E-state index is 0.0928. The summed E-state index contributed by atoms with van der Waals surface area (Å²) in [7, 11) is 0. The van der Waals surface area contributed by atoms with Crippen molar-refractivity contribution < 1.29 is 22.8 Å². The van der Waals surface area contributed by atoms with Gasteiger partial charge in [0.2, 0.25) is 5.91 Å². The molecule has 1 unspecified atom stereocenters. The monoisotopic (exact) mass is 347 g/mol. The van der Waals surface area contributed by atoms with E-state index < -0.39 is 23.7 Å². The molecular formula is C14H16F3N3O2S. The maximum Gasteiger partial charge on any atom is 0.416 e. The van der Waals surface area contributed by atoms with Gasteiger partial charge >= 0.3 is 12.2 Å². The Balaban J connectivity index is 2.18. The number of thioether (sulfide) groups is 1. The second-order valence-electron chi connectivity index (χ2n) is 5.10. The molecule has 0 radical (unpaired) electrons. The Hall–Kier alpha value is -1.74. The van der Waals surface area contributed by atoms with Crippen molar-refractivity contribution >= 4 is 23.7 Å². The summed E-state index contributed by atoms with van der Waals surface area (Å²) in [5, 5.41) is 1.97. The molecule has 5 nitrogen and oxygen atoms in total. The molecule has 126 valence electrons. The number of hydrogen-bond acceptors (Lipinski definition) is 4. The van der Waals surface area contributed by atoms with E-state index in [2.05, 4.69) is 0 Å². The lowest BCUT2D eigenvalue weighted by molar-refractivity contribution is -0.137. The summed E-state index contributed by atoms with van der Waals surface area (Å²) in [6.45, 7) is 0.447. The molecule has 3 N–H and O–H groups in total. The van der Waals surface area contributed by atoms with Crippen LogP contribution >= 0.6 is 11.8 Å². The number of benzene rings is 1. The van der Waals surface area contributed by atoms with Crippen molar-refractivity contribution in [1.29, 1.82) is 0 Å². The number of rotatable bonds is 3. The number of alkyl halides is 3.